The summed E-state index contributed by atoms with van der Waals surface area (Å²) in [6.07, 6.45) is 0.916. The second-order valence-electron chi connectivity index (χ2n) is 5.25. The van der Waals surface area contributed by atoms with E-state index in [1.807, 2.05) is 30.9 Å². The minimum absolute atomic E-state index is 0.00541. The Morgan fingerprint density at radius 2 is 2.38 bits per heavy atom. The fourth-order valence-electron chi connectivity index (χ4n) is 2.45. The Kier molecular flexibility index (Phi) is 5.52. The highest BCUT2D eigenvalue weighted by molar-refractivity contribution is 5.85. The third-order valence-corrected chi connectivity index (χ3v) is 3.51. The number of nitrogens with two attached hydrogens (primary N) is 1. The largest absolute Gasteiger partial charge is 0.377 e. The number of anilines is 1. The summed E-state index contributed by atoms with van der Waals surface area (Å²) in [6.45, 7) is 6.77. The molecule has 1 fully saturated rings. The molecule has 6 heteroatoms. The number of aryl methyl sites for hydroxylation is 1. The van der Waals surface area contributed by atoms with Crippen LogP contribution in [-0.4, -0.2) is 43.2 Å². The van der Waals surface area contributed by atoms with E-state index in [1.165, 1.54) is 0 Å². The zero-order valence-corrected chi connectivity index (χ0v) is 12.8. The van der Waals surface area contributed by atoms with Crippen molar-refractivity contribution in [1.82, 2.24) is 10.3 Å². The number of ether oxygens (including phenoxy) is 1. The van der Waals surface area contributed by atoms with Crippen molar-refractivity contribution in [3.05, 3.63) is 23.4 Å². The quantitative estimate of drug-likeness (QED) is 0.830. The molecule has 1 aromatic heterocycles. The Bertz CT molecular complexity index is 493. The van der Waals surface area contributed by atoms with Gasteiger partial charge in [0.1, 0.15) is 11.9 Å². The monoisotopic (exact) mass is 292 g/mol. The Hall–Kier alpha value is -1.66. The zero-order valence-electron chi connectivity index (χ0n) is 12.8. The summed E-state index contributed by atoms with van der Waals surface area (Å²) in [4.78, 5) is 18.9. The van der Waals surface area contributed by atoms with Gasteiger partial charge >= 0.3 is 0 Å². The summed E-state index contributed by atoms with van der Waals surface area (Å²) in [5.74, 6) is 0.796. The first-order valence-electron chi connectivity index (χ1n) is 7.45. The highest BCUT2D eigenvalue weighted by atomic mass is 16.5. The summed E-state index contributed by atoms with van der Waals surface area (Å²) in [5, 5.41) is 2.93. The van der Waals surface area contributed by atoms with Crippen molar-refractivity contribution in [2.24, 2.45) is 5.73 Å². The molecule has 6 nitrogen and oxygen atoms in total. The van der Waals surface area contributed by atoms with Gasteiger partial charge in [-0.05, 0) is 31.0 Å². The minimum Gasteiger partial charge on any atom is -0.377 e. The second kappa shape index (κ2) is 7.38. The molecule has 1 saturated heterocycles. The maximum atomic E-state index is 12.3. The molecule has 1 aromatic rings. The van der Waals surface area contributed by atoms with Crippen LogP contribution in [0.4, 0.5) is 5.82 Å². The van der Waals surface area contributed by atoms with Crippen LogP contribution in [0.2, 0.25) is 0 Å². The van der Waals surface area contributed by atoms with Gasteiger partial charge in [-0.15, -0.1) is 0 Å². The lowest BCUT2D eigenvalue weighted by Crippen LogP contribution is -2.54. The molecule has 21 heavy (non-hydrogen) atoms. The van der Waals surface area contributed by atoms with Crippen molar-refractivity contribution < 1.29 is 9.53 Å². The van der Waals surface area contributed by atoms with E-state index in [2.05, 4.69) is 10.3 Å². The van der Waals surface area contributed by atoms with Gasteiger partial charge in [0, 0.05) is 25.3 Å². The number of hydrogen-bond donors (Lipinski definition) is 2. The third kappa shape index (κ3) is 3.92. The molecule has 1 atom stereocenters. The van der Waals surface area contributed by atoms with Gasteiger partial charge < -0.3 is 20.7 Å². The van der Waals surface area contributed by atoms with Crippen LogP contribution in [0.15, 0.2) is 12.1 Å². The minimum atomic E-state index is -0.328. The van der Waals surface area contributed by atoms with Gasteiger partial charge in [0.25, 0.3) is 0 Å². The molecule has 116 valence electrons. The van der Waals surface area contributed by atoms with Crippen LogP contribution in [0.25, 0.3) is 0 Å². The predicted octanol–water partition coefficient (Wildman–Crippen LogP) is 0.580. The van der Waals surface area contributed by atoms with Crippen LogP contribution in [0.3, 0.4) is 0 Å². The standard InChI is InChI=1S/C15H24N4O2/c1-3-4-17-15(20)13-10-21-6-5-19(13)14-8-12(9-16)7-11(2)18-14/h7-8,13H,3-6,9-10,16H2,1-2H3,(H,17,20). The maximum absolute atomic E-state index is 12.3. The number of carbonyl (C=O) groups excluding carboxylic acids is 1. The normalized spacial score (nSPS) is 18.6. The number of carbonyl (C=O) groups is 1. The SMILES string of the molecule is CCCNC(=O)C1COCCN1c1cc(CN)cc(C)n1. The number of nitrogens with zero attached hydrogens (tertiary/aromatic N) is 2. The van der Waals surface area contributed by atoms with Gasteiger partial charge in [-0.3, -0.25) is 4.79 Å². The van der Waals surface area contributed by atoms with Crippen molar-refractivity contribution in [1.29, 1.82) is 0 Å². The lowest BCUT2D eigenvalue weighted by atomic mass is 10.1. The Labute approximate surface area is 125 Å². The predicted molar refractivity (Wildman–Crippen MR) is 82.1 cm³/mol. The molecule has 2 rings (SSSR count). The lowest BCUT2D eigenvalue weighted by molar-refractivity contribution is -0.124. The van der Waals surface area contributed by atoms with E-state index < -0.39 is 0 Å². The summed E-state index contributed by atoms with van der Waals surface area (Å²) in [7, 11) is 0. The molecule has 0 bridgehead atoms. The lowest BCUT2D eigenvalue weighted by Gasteiger charge is -2.35. The van der Waals surface area contributed by atoms with Crippen LogP contribution in [0, 0.1) is 6.92 Å². The van der Waals surface area contributed by atoms with Crippen molar-refractivity contribution in [3.63, 3.8) is 0 Å². The van der Waals surface area contributed by atoms with E-state index in [1.54, 1.807) is 0 Å². The van der Waals surface area contributed by atoms with E-state index in [0.717, 1.165) is 23.5 Å². The van der Waals surface area contributed by atoms with E-state index in [9.17, 15) is 4.79 Å². The molecule has 0 radical (unpaired) electrons. The number of aromatic nitrogens is 1. The number of hydrogen-bond acceptors (Lipinski definition) is 5. The van der Waals surface area contributed by atoms with E-state index in [4.69, 9.17) is 10.5 Å². The molecular formula is C15H24N4O2. The fourth-order valence-corrected chi connectivity index (χ4v) is 2.45. The topological polar surface area (TPSA) is 80.5 Å². The molecule has 3 N–H and O–H groups in total. The third-order valence-electron chi connectivity index (χ3n) is 3.51. The fraction of sp³-hybridized carbons (Fsp3) is 0.600. The number of pyridine rings is 1. The van der Waals surface area contributed by atoms with Crippen LogP contribution < -0.4 is 16.0 Å². The van der Waals surface area contributed by atoms with Crippen molar-refractivity contribution >= 4 is 11.7 Å². The Morgan fingerprint density at radius 3 is 3.10 bits per heavy atom. The van der Waals surface area contributed by atoms with Crippen LogP contribution in [0.5, 0.6) is 0 Å². The molecule has 0 saturated carbocycles. The first-order valence-corrected chi connectivity index (χ1v) is 7.45. The molecule has 0 spiro atoms. The first-order chi connectivity index (χ1) is 10.2. The number of amides is 1. The molecule has 0 aromatic carbocycles. The summed E-state index contributed by atoms with van der Waals surface area (Å²) < 4.78 is 5.47. The Balaban J connectivity index is 2.21. The Morgan fingerprint density at radius 1 is 1.57 bits per heavy atom. The molecule has 1 amide bonds. The van der Waals surface area contributed by atoms with E-state index in [-0.39, 0.29) is 11.9 Å². The van der Waals surface area contributed by atoms with Gasteiger partial charge in [0.2, 0.25) is 5.91 Å². The zero-order chi connectivity index (χ0) is 15.2. The second-order valence-corrected chi connectivity index (χ2v) is 5.25. The van der Waals surface area contributed by atoms with Crippen molar-refractivity contribution in [3.8, 4) is 0 Å². The summed E-state index contributed by atoms with van der Waals surface area (Å²) >= 11 is 0. The molecular weight excluding hydrogens is 268 g/mol. The van der Waals surface area contributed by atoms with Crippen LogP contribution in [-0.2, 0) is 16.1 Å². The number of nitrogens with one attached hydrogen (secondary N) is 1. The van der Waals surface area contributed by atoms with Crippen LogP contribution >= 0.6 is 0 Å². The highest BCUT2D eigenvalue weighted by Crippen LogP contribution is 2.20. The molecule has 1 aliphatic rings. The van der Waals surface area contributed by atoms with Gasteiger partial charge in [-0.2, -0.15) is 0 Å². The highest BCUT2D eigenvalue weighted by Gasteiger charge is 2.30. The molecule has 1 unspecified atom stereocenters. The van der Waals surface area contributed by atoms with Gasteiger partial charge in [0.05, 0.1) is 13.2 Å². The van der Waals surface area contributed by atoms with Gasteiger partial charge in [0.15, 0.2) is 0 Å². The number of morpholine rings is 1. The average Bonchev–Trinajstić information content (AvgIpc) is 2.51. The van der Waals surface area contributed by atoms with Gasteiger partial charge in [-0.25, -0.2) is 4.98 Å². The number of rotatable bonds is 5. The average molecular weight is 292 g/mol. The molecule has 1 aliphatic heterocycles. The van der Waals surface area contributed by atoms with E-state index in [0.29, 0.717) is 32.8 Å². The maximum Gasteiger partial charge on any atom is 0.245 e. The molecule has 0 aliphatic carbocycles. The van der Waals surface area contributed by atoms with Crippen LogP contribution in [0.1, 0.15) is 24.6 Å². The summed E-state index contributed by atoms with van der Waals surface area (Å²) in [5.41, 5.74) is 7.66. The van der Waals surface area contributed by atoms with Crippen molar-refractivity contribution in [2.75, 3.05) is 31.2 Å². The first kappa shape index (κ1) is 15.7. The molecule has 2 heterocycles. The van der Waals surface area contributed by atoms with E-state index >= 15 is 0 Å². The van der Waals surface area contributed by atoms with Gasteiger partial charge in [-0.1, -0.05) is 6.92 Å². The summed E-state index contributed by atoms with van der Waals surface area (Å²) in [6, 6.07) is 3.60. The smallest absolute Gasteiger partial charge is 0.245 e. The van der Waals surface area contributed by atoms with Crippen molar-refractivity contribution in [2.45, 2.75) is 32.9 Å².